The number of piperidine rings is 1. The van der Waals surface area contributed by atoms with Gasteiger partial charge in [-0.1, -0.05) is 37.3 Å². The molecule has 0 aliphatic carbocycles. The van der Waals surface area contributed by atoms with Crippen molar-refractivity contribution in [2.45, 2.75) is 19.8 Å². The van der Waals surface area contributed by atoms with Crippen LogP contribution in [-0.2, 0) is 4.79 Å². The minimum atomic E-state index is -0.141. The summed E-state index contributed by atoms with van der Waals surface area (Å²) in [7, 11) is 0. The van der Waals surface area contributed by atoms with Crippen LogP contribution >= 0.6 is 0 Å². The fourth-order valence-corrected chi connectivity index (χ4v) is 2.40. The monoisotopic (exact) mass is 254 g/mol. The normalized spacial score (nSPS) is 19.9. The molecule has 2 rings (SSSR count). The molecule has 1 heterocycles. The van der Waals surface area contributed by atoms with Crippen molar-refractivity contribution in [3.63, 3.8) is 0 Å². The smallest absolute Gasteiger partial charge is 0.264 e. The average molecular weight is 254 g/mol. The van der Waals surface area contributed by atoms with Crippen LogP contribution in [0.1, 0.15) is 25.3 Å². The molecule has 3 heteroatoms. The minimum absolute atomic E-state index is 0.141. The second-order valence-corrected chi connectivity index (χ2v) is 5.08. The molecule has 1 aliphatic rings. The van der Waals surface area contributed by atoms with E-state index in [1.807, 2.05) is 36.4 Å². The third kappa shape index (κ3) is 3.45. The Morgan fingerprint density at radius 3 is 2.79 bits per heavy atom. The van der Waals surface area contributed by atoms with E-state index in [0.29, 0.717) is 5.92 Å². The van der Waals surface area contributed by atoms with Gasteiger partial charge in [-0.25, -0.2) is 0 Å². The van der Waals surface area contributed by atoms with Crippen molar-refractivity contribution in [2.24, 2.45) is 5.92 Å². The Balaban J connectivity index is 2.16. The van der Waals surface area contributed by atoms with Crippen LogP contribution in [0.25, 0.3) is 6.08 Å². The van der Waals surface area contributed by atoms with Crippen molar-refractivity contribution in [1.82, 2.24) is 4.90 Å². The summed E-state index contributed by atoms with van der Waals surface area (Å²) in [5.41, 5.74) is 1.11. The maximum absolute atomic E-state index is 12.3. The SMILES string of the molecule is C[C@H]1CCCN(C(=O)/C(C#N)=C/c2ccccc2)C1. The summed E-state index contributed by atoms with van der Waals surface area (Å²) in [6.07, 6.45) is 3.85. The van der Waals surface area contributed by atoms with Crippen LogP contribution in [0.4, 0.5) is 0 Å². The number of rotatable bonds is 2. The summed E-state index contributed by atoms with van der Waals surface area (Å²) < 4.78 is 0. The van der Waals surface area contributed by atoms with Crippen molar-refractivity contribution in [2.75, 3.05) is 13.1 Å². The quantitative estimate of drug-likeness (QED) is 0.601. The molecule has 1 saturated heterocycles. The van der Waals surface area contributed by atoms with Gasteiger partial charge in [0.2, 0.25) is 0 Å². The summed E-state index contributed by atoms with van der Waals surface area (Å²) in [6, 6.07) is 11.5. The maximum atomic E-state index is 12.3. The second-order valence-electron chi connectivity index (χ2n) is 5.08. The topological polar surface area (TPSA) is 44.1 Å². The van der Waals surface area contributed by atoms with E-state index in [-0.39, 0.29) is 11.5 Å². The Morgan fingerprint density at radius 1 is 1.42 bits per heavy atom. The Labute approximate surface area is 114 Å². The Kier molecular flexibility index (Phi) is 4.35. The highest BCUT2D eigenvalue weighted by Crippen LogP contribution is 2.18. The van der Waals surface area contributed by atoms with Crippen LogP contribution in [0, 0.1) is 17.2 Å². The van der Waals surface area contributed by atoms with Gasteiger partial charge in [-0.3, -0.25) is 4.79 Å². The lowest BCUT2D eigenvalue weighted by Gasteiger charge is -2.30. The van der Waals surface area contributed by atoms with Gasteiger partial charge in [-0.05, 0) is 30.4 Å². The third-order valence-electron chi connectivity index (χ3n) is 3.41. The molecule has 1 fully saturated rings. The molecule has 98 valence electrons. The van der Waals surface area contributed by atoms with Gasteiger partial charge in [0.1, 0.15) is 11.6 Å². The number of carbonyl (C=O) groups excluding carboxylic acids is 1. The summed E-state index contributed by atoms with van der Waals surface area (Å²) in [4.78, 5) is 14.1. The highest BCUT2D eigenvalue weighted by atomic mass is 16.2. The number of nitriles is 1. The van der Waals surface area contributed by atoms with Gasteiger partial charge < -0.3 is 4.90 Å². The standard InChI is InChI=1S/C16H18N2O/c1-13-6-5-9-18(12-13)16(19)15(11-17)10-14-7-3-2-4-8-14/h2-4,7-8,10,13H,5-6,9,12H2,1H3/b15-10+/t13-/m0/s1. The van der Waals surface area contributed by atoms with Gasteiger partial charge in [-0.15, -0.1) is 0 Å². The number of hydrogen-bond donors (Lipinski definition) is 0. The largest absolute Gasteiger partial charge is 0.338 e. The minimum Gasteiger partial charge on any atom is -0.338 e. The molecule has 3 nitrogen and oxygen atoms in total. The van der Waals surface area contributed by atoms with Gasteiger partial charge in [0.05, 0.1) is 0 Å². The van der Waals surface area contributed by atoms with Gasteiger partial charge in [-0.2, -0.15) is 5.26 Å². The van der Waals surface area contributed by atoms with Gasteiger partial charge >= 0.3 is 0 Å². The lowest BCUT2D eigenvalue weighted by atomic mass is 9.99. The Morgan fingerprint density at radius 2 is 2.16 bits per heavy atom. The zero-order valence-electron chi connectivity index (χ0n) is 11.2. The van der Waals surface area contributed by atoms with Gasteiger partial charge in [0, 0.05) is 13.1 Å². The first-order chi connectivity index (χ1) is 9.20. The molecule has 0 radical (unpaired) electrons. The molecule has 1 amide bonds. The zero-order valence-corrected chi connectivity index (χ0v) is 11.2. The molecular formula is C16H18N2O. The predicted octanol–water partition coefficient (Wildman–Crippen LogP) is 2.85. The number of nitrogens with zero attached hydrogens (tertiary/aromatic N) is 2. The molecule has 0 spiro atoms. The molecule has 1 aromatic rings. The van der Waals surface area contributed by atoms with Crippen LogP contribution in [0.5, 0.6) is 0 Å². The van der Waals surface area contributed by atoms with Crippen molar-refractivity contribution in [3.8, 4) is 6.07 Å². The average Bonchev–Trinajstić information content (AvgIpc) is 2.45. The van der Waals surface area contributed by atoms with Crippen LogP contribution in [0.2, 0.25) is 0 Å². The van der Waals surface area contributed by atoms with E-state index in [0.717, 1.165) is 31.5 Å². The first-order valence-corrected chi connectivity index (χ1v) is 6.67. The first-order valence-electron chi connectivity index (χ1n) is 6.67. The number of benzene rings is 1. The highest BCUT2D eigenvalue weighted by molar-refractivity contribution is 6.01. The van der Waals surface area contributed by atoms with Crippen molar-refractivity contribution in [3.05, 3.63) is 41.5 Å². The molecule has 0 N–H and O–H groups in total. The second kappa shape index (κ2) is 6.19. The molecule has 0 bridgehead atoms. The van der Waals surface area contributed by atoms with E-state index in [9.17, 15) is 10.1 Å². The molecule has 0 saturated carbocycles. The van der Waals surface area contributed by atoms with E-state index in [4.69, 9.17) is 0 Å². The number of likely N-dealkylation sites (tertiary alicyclic amines) is 1. The molecule has 0 unspecified atom stereocenters. The maximum Gasteiger partial charge on any atom is 0.264 e. The fourth-order valence-electron chi connectivity index (χ4n) is 2.40. The zero-order chi connectivity index (χ0) is 13.7. The number of hydrogen-bond acceptors (Lipinski definition) is 2. The third-order valence-corrected chi connectivity index (χ3v) is 3.41. The number of carbonyl (C=O) groups is 1. The lowest BCUT2D eigenvalue weighted by molar-refractivity contribution is -0.128. The van der Waals surface area contributed by atoms with Crippen LogP contribution in [0.15, 0.2) is 35.9 Å². The molecule has 19 heavy (non-hydrogen) atoms. The van der Waals surface area contributed by atoms with Gasteiger partial charge in [0.25, 0.3) is 5.91 Å². The van der Waals surface area contributed by atoms with E-state index in [2.05, 4.69) is 6.92 Å². The predicted molar refractivity (Wildman–Crippen MR) is 75.0 cm³/mol. The summed E-state index contributed by atoms with van der Waals surface area (Å²) in [6.45, 7) is 3.66. The van der Waals surface area contributed by atoms with E-state index in [1.165, 1.54) is 0 Å². The summed E-state index contributed by atoms with van der Waals surface area (Å²) in [5, 5.41) is 9.19. The van der Waals surface area contributed by atoms with E-state index >= 15 is 0 Å². The fraction of sp³-hybridized carbons (Fsp3) is 0.375. The Hall–Kier alpha value is -2.08. The molecule has 1 aliphatic heterocycles. The van der Waals surface area contributed by atoms with E-state index < -0.39 is 0 Å². The highest BCUT2D eigenvalue weighted by Gasteiger charge is 2.23. The summed E-state index contributed by atoms with van der Waals surface area (Å²) in [5.74, 6) is 0.382. The number of amides is 1. The van der Waals surface area contributed by atoms with Crippen molar-refractivity contribution < 1.29 is 4.79 Å². The lowest BCUT2D eigenvalue weighted by Crippen LogP contribution is -2.39. The first kappa shape index (κ1) is 13.4. The molecule has 0 aromatic heterocycles. The van der Waals surface area contributed by atoms with Crippen LogP contribution in [-0.4, -0.2) is 23.9 Å². The van der Waals surface area contributed by atoms with Crippen LogP contribution < -0.4 is 0 Å². The molecule has 1 atom stereocenters. The van der Waals surface area contributed by atoms with E-state index in [1.54, 1.807) is 11.0 Å². The van der Waals surface area contributed by atoms with Crippen LogP contribution in [0.3, 0.4) is 0 Å². The van der Waals surface area contributed by atoms with Crippen molar-refractivity contribution >= 4 is 12.0 Å². The van der Waals surface area contributed by atoms with Crippen molar-refractivity contribution in [1.29, 1.82) is 5.26 Å². The van der Waals surface area contributed by atoms with Gasteiger partial charge in [0.15, 0.2) is 0 Å². The summed E-state index contributed by atoms with van der Waals surface area (Å²) >= 11 is 0. The molecule has 1 aromatic carbocycles. The Bertz CT molecular complexity index is 513. The molecular weight excluding hydrogens is 236 g/mol.